The van der Waals surface area contributed by atoms with E-state index < -0.39 is 0 Å². The lowest BCUT2D eigenvalue weighted by Gasteiger charge is -2.29. The molecule has 2 aliphatic heterocycles. The number of nitrogens with zero attached hydrogens (tertiary/aromatic N) is 2. The Labute approximate surface area is 255 Å². The normalized spacial score (nSPS) is 17.7. The van der Waals surface area contributed by atoms with Crippen molar-refractivity contribution >= 4 is 64.2 Å². The second-order valence-electron chi connectivity index (χ2n) is 10.6. The molecule has 4 aromatic rings. The lowest BCUT2D eigenvalue weighted by atomic mass is 10.1. The minimum atomic E-state index is 0.155. The minimum absolute atomic E-state index is 0.155. The average molecular weight is 583 g/mol. The summed E-state index contributed by atoms with van der Waals surface area (Å²) in [6.07, 6.45) is 13.7. The Bertz CT molecular complexity index is 1720. The summed E-state index contributed by atoms with van der Waals surface area (Å²) < 4.78 is 0. The fraction of sp³-hybridized carbons (Fsp3) is 0.108. The highest BCUT2D eigenvalue weighted by Crippen LogP contribution is 2.48. The van der Waals surface area contributed by atoms with Crippen molar-refractivity contribution in [2.24, 2.45) is 0 Å². The van der Waals surface area contributed by atoms with Crippen LogP contribution >= 0.6 is 23.5 Å². The molecule has 3 nitrogen and oxygen atoms in total. The van der Waals surface area contributed by atoms with Crippen LogP contribution in [0.4, 0.5) is 22.7 Å². The summed E-state index contributed by atoms with van der Waals surface area (Å²) in [5.74, 6) is 0.155. The van der Waals surface area contributed by atoms with Crippen LogP contribution in [0.25, 0.3) is 12.2 Å². The van der Waals surface area contributed by atoms with Gasteiger partial charge in [-0.2, -0.15) is 0 Å². The number of anilines is 4. The zero-order valence-corrected chi connectivity index (χ0v) is 25.2. The van der Waals surface area contributed by atoms with Gasteiger partial charge in [0.25, 0.3) is 0 Å². The zero-order valence-electron chi connectivity index (χ0n) is 23.6. The van der Waals surface area contributed by atoms with Gasteiger partial charge in [-0.25, -0.2) is 0 Å². The molecule has 3 aliphatic rings. The van der Waals surface area contributed by atoms with Crippen molar-refractivity contribution in [3.05, 3.63) is 132 Å². The van der Waals surface area contributed by atoms with Crippen LogP contribution in [-0.2, 0) is 4.79 Å². The molecule has 42 heavy (non-hydrogen) atoms. The molecule has 1 fully saturated rings. The van der Waals surface area contributed by atoms with Gasteiger partial charge < -0.3 is 9.80 Å². The molecule has 5 heteroatoms. The molecule has 2 heterocycles. The predicted molar refractivity (Wildman–Crippen MR) is 179 cm³/mol. The molecule has 7 rings (SSSR count). The molecule has 4 aromatic carbocycles. The Hall–Kier alpha value is -4.19. The standard InChI is InChI=1S/C37H30N2OS2/c1-38-29-13-3-5-15-33(29)41-35-23-25(17-21-31(35)38)9-7-11-27-19-20-28(37(27)40)12-8-10-26-18-22-32-36(24-26)42-34-16-6-4-14-30(34)39(32)2/h3-18,21-24H,19-20H2,1-2H3. The minimum Gasteiger partial charge on any atom is -0.343 e. The van der Waals surface area contributed by atoms with Crippen LogP contribution < -0.4 is 9.80 Å². The molecule has 0 atom stereocenters. The van der Waals surface area contributed by atoms with Gasteiger partial charge in [0.05, 0.1) is 22.7 Å². The number of fused-ring (bicyclic) bond motifs is 4. The van der Waals surface area contributed by atoms with Crippen molar-refractivity contribution < 1.29 is 4.79 Å². The van der Waals surface area contributed by atoms with Crippen molar-refractivity contribution in [2.45, 2.75) is 32.4 Å². The van der Waals surface area contributed by atoms with Crippen LogP contribution in [0.5, 0.6) is 0 Å². The van der Waals surface area contributed by atoms with E-state index in [9.17, 15) is 4.79 Å². The number of ketones is 1. The van der Waals surface area contributed by atoms with E-state index in [4.69, 9.17) is 0 Å². The van der Waals surface area contributed by atoms with Gasteiger partial charge in [0.2, 0.25) is 0 Å². The Morgan fingerprint density at radius 3 is 1.48 bits per heavy atom. The molecule has 206 valence electrons. The van der Waals surface area contributed by atoms with E-state index in [0.29, 0.717) is 0 Å². The van der Waals surface area contributed by atoms with E-state index in [1.165, 1.54) is 42.3 Å². The highest BCUT2D eigenvalue weighted by Gasteiger charge is 2.23. The maximum atomic E-state index is 13.1. The molecule has 0 N–H and O–H groups in total. The number of hydrogen-bond donors (Lipinski definition) is 0. The second kappa shape index (κ2) is 11.2. The number of para-hydroxylation sites is 2. The van der Waals surface area contributed by atoms with Gasteiger partial charge in [0, 0.05) is 44.8 Å². The Kier molecular flexibility index (Phi) is 7.14. The van der Waals surface area contributed by atoms with Crippen LogP contribution in [0.2, 0.25) is 0 Å². The van der Waals surface area contributed by atoms with Crippen LogP contribution in [0, 0.1) is 0 Å². The molecule has 0 unspecified atom stereocenters. The predicted octanol–water partition coefficient (Wildman–Crippen LogP) is 10.1. The number of carbonyl (C=O) groups excluding carboxylic acids is 1. The van der Waals surface area contributed by atoms with E-state index in [-0.39, 0.29) is 5.78 Å². The van der Waals surface area contributed by atoms with Gasteiger partial charge >= 0.3 is 0 Å². The van der Waals surface area contributed by atoms with Crippen molar-refractivity contribution in [2.75, 3.05) is 23.9 Å². The first kappa shape index (κ1) is 26.7. The maximum Gasteiger partial charge on any atom is 0.185 e. The number of rotatable bonds is 4. The number of benzene rings is 4. The number of allylic oxidation sites excluding steroid dienone is 6. The average Bonchev–Trinajstić information content (AvgIpc) is 3.36. The number of carbonyl (C=O) groups is 1. The summed E-state index contributed by atoms with van der Waals surface area (Å²) in [6, 6.07) is 30.1. The van der Waals surface area contributed by atoms with E-state index in [2.05, 4.69) is 121 Å². The van der Waals surface area contributed by atoms with Gasteiger partial charge in [-0.15, -0.1) is 0 Å². The monoisotopic (exact) mass is 582 g/mol. The van der Waals surface area contributed by atoms with Crippen molar-refractivity contribution in [1.82, 2.24) is 0 Å². The van der Waals surface area contributed by atoms with Crippen LogP contribution in [0.15, 0.2) is 140 Å². The fourth-order valence-electron chi connectivity index (χ4n) is 5.70. The maximum absolute atomic E-state index is 13.1. The second-order valence-corrected chi connectivity index (χ2v) is 12.8. The molecule has 0 bridgehead atoms. The lowest BCUT2D eigenvalue weighted by molar-refractivity contribution is -0.111. The Balaban J connectivity index is 1.01. The van der Waals surface area contributed by atoms with Crippen LogP contribution in [-0.4, -0.2) is 19.9 Å². The molecule has 0 amide bonds. The van der Waals surface area contributed by atoms with Gasteiger partial charge in [-0.3, -0.25) is 4.79 Å². The largest absolute Gasteiger partial charge is 0.343 e. The molecule has 0 spiro atoms. The highest BCUT2D eigenvalue weighted by molar-refractivity contribution is 8.00. The molecule has 1 aliphatic carbocycles. The number of Topliss-reactive ketones (excluding diaryl/α,β-unsaturated/α-hetero) is 1. The van der Waals surface area contributed by atoms with Crippen molar-refractivity contribution in [3.8, 4) is 0 Å². The molecule has 0 radical (unpaired) electrons. The van der Waals surface area contributed by atoms with E-state index in [1.54, 1.807) is 0 Å². The topological polar surface area (TPSA) is 23.6 Å². The van der Waals surface area contributed by atoms with Gasteiger partial charge in [-0.1, -0.05) is 96.4 Å². The third-order valence-corrected chi connectivity index (χ3v) is 10.2. The lowest BCUT2D eigenvalue weighted by Crippen LogP contribution is -2.14. The summed E-state index contributed by atoms with van der Waals surface area (Å²) in [5, 5.41) is 0. The first-order valence-electron chi connectivity index (χ1n) is 14.1. The fourth-order valence-corrected chi connectivity index (χ4v) is 8.09. The summed E-state index contributed by atoms with van der Waals surface area (Å²) >= 11 is 3.62. The third kappa shape index (κ3) is 5.04. The van der Waals surface area contributed by atoms with E-state index in [0.717, 1.165) is 35.1 Å². The zero-order chi connectivity index (χ0) is 28.6. The summed E-state index contributed by atoms with van der Waals surface area (Å²) in [7, 11) is 4.24. The molecule has 0 saturated heterocycles. The first-order valence-corrected chi connectivity index (χ1v) is 15.8. The number of hydrogen-bond acceptors (Lipinski definition) is 5. The van der Waals surface area contributed by atoms with Crippen molar-refractivity contribution in [3.63, 3.8) is 0 Å². The van der Waals surface area contributed by atoms with Gasteiger partial charge in [0.15, 0.2) is 5.78 Å². The van der Waals surface area contributed by atoms with Gasteiger partial charge in [-0.05, 0) is 72.5 Å². The molecule has 1 saturated carbocycles. The molecule has 0 aromatic heterocycles. The Morgan fingerprint density at radius 2 is 1.00 bits per heavy atom. The van der Waals surface area contributed by atoms with Crippen LogP contribution in [0.3, 0.4) is 0 Å². The summed E-state index contributed by atoms with van der Waals surface area (Å²) in [6.45, 7) is 0. The highest BCUT2D eigenvalue weighted by atomic mass is 32.2. The van der Waals surface area contributed by atoms with Crippen molar-refractivity contribution in [1.29, 1.82) is 0 Å². The van der Waals surface area contributed by atoms with E-state index >= 15 is 0 Å². The smallest absolute Gasteiger partial charge is 0.185 e. The van der Waals surface area contributed by atoms with Gasteiger partial charge in [0.1, 0.15) is 0 Å². The van der Waals surface area contributed by atoms with E-state index in [1.807, 2.05) is 47.8 Å². The summed E-state index contributed by atoms with van der Waals surface area (Å²) in [5.41, 5.74) is 8.92. The quantitative estimate of drug-likeness (QED) is 0.223. The SMILES string of the molecule is CN1c2ccccc2Sc2cc(C=CC=C3CCC(=CC=Cc4ccc5c(c4)Sc4ccccc4N5C)C3=O)ccc21. The molecular weight excluding hydrogens is 553 g/mol. The first-order chi connectivity index (χ1) is 20.5. The third-order valence-electron chi connectivity index (χ3n) is 8.00. The molecular formula is C37H30N2OS2. The summed E-state index contributed by atoms with van der Waals surface area (Å²) in [4.78, 5) is 22.6. The van der Waals surface area contributed by atoms with Crippen LogP contribution in [0.1, 0.15) is 24.0 Å². The Morgan fingerprint density at radius 1 is 0.571 bits per heavy atom.